The van der Waals surface area contributed by atoms with Crippen LogP contribution < -0.4 is 10.5 Å². The average molecular weight is 289 g/mol. The van der Waals surface area contributed by atoms with Crippen LogP contribution in [0.15, 0.2) is 36.4 Å². The molecule has 1 aromatic heterocycles. The molecule has 2 N–H and O–H groups in total. The standard InChI is InChI=1S/C12H8ClF3N2O/c13-8-3-1-2-4-9(8)19-11-6-7(12(14,15)16)5-10(17)18-11/h1-6H,(H2,17,18). The van der Waals surface area contributed by atoms with Crippen LogP contribution in [0.1, 0.15) is 5.56 Å². The van der Waals surface area contributed by atoms with Gasteiger partial charge >= 0.3 is 6.18 Å². The fourth-order valence-corrected chi connectivity index (χ4v) is 1.56. The van der Waals surface area contributed by atoms with Crippen LogP contribution in [0.2, 0.25) is 5.02 Å². The summed E-state index contributed by atoms with van der Waals surface area (Å²) in [5.74, 6) is -0.340. The largest absolute Gasteiger partial charge is 0.437 e. The van der Waals surface area contributed by atoms with Crippen LogP contribution in [-0.4, -0.2) is 4.98 Å². The van der Waals surface area contributed by atoms with E-state index in [-0.39, 0.29) is 22.5 Å². The van der Waals surface area contributed by atoms with Gasteiger partial charge in [-0.15, -0.1) is 0 Å². The Morgan fingerprint density at radius 3 is 2.47 bits per heavy atom. The van der Waals surface area contributed by atoms with Crippen molar-refractivity contribution >= 4 is 17.4 Å². The third kappa shape index (κ3) is 3.29. The smallest absolute Gasteiger partial charge is 0.416 e. The van der Waals surface area contributed by atoms with Gasteiger partial charge in [-0.2, -0.15) is 18.2 Å². The van der Waals surface area contributed by atoms with E-state index in [4.69, 9.17) is 22.1 Å². The van der Waals surface area contributed by atoms with Gasteiger partial charge in [-0.3, -0.25) is 0 Å². The summed E-state index contributed by atoms with van der Waals surface area (Å²) >= 11 is 5.84. The van der Waals surface area contributed by atoms with Gasteiger partial charge < -0.3 is 10.5 Å². The van der Waals surface area contributed by atoms with Crippen molar-refractivity contribution in [2.45, 2.75) is 6.18 Å². The van der Waals surface area contributed by atoms with Crippen LogP contribution in [0.25, 0.3) is 0 Å². The first kappa shape index (κ1) is 13.5. The first-order valence-electron chi connectivity index (χ1n) is 5.13. The second kappa shape index (κ2) is 4.97. The topological polar surface area (TPSA) is 48.1 Å². The Hall–Kier alpha value is -1.95. The van der Waals surface area contributed by atoms with Crippen molar-refractivity contribution in [2.75, 3.05) is 5.73 Å². The Morgan fingerprint density at radius 2 is 1.84 bits per heavy atom. The highest BCUT2D eigenvalue weighted by atomic mass is 35.5. The molecule has 0 unspecified atom stereocenters. The van der Waals surface area contributed by atoms with Crippen molar-refractivity contribution in [3.8, 4) is 11.6 Å². The summed E-state index contributed by atoms with van der Waals surface area (Å²) in [6.45, 7) is 0. The summed E-state index contributed by atoms with van der Waals surface area (Å²) in [5, 5.41) is 0.264. The molecule has 19 heavy (non-hydrogen) atoms. The van der Waals surface area contributed by atoms with Crippen LogP contribution in [0.5, 0.6) is 11.6 Å². The lowest BCUT2D eigenvalue weighted by Gasteiger charge is -2.11. The molecular formula is C12H8ClF3N2O. The van der Waals surface area contributed by atoms with Gasteiger partial charge in [0.2, 0.25) is 5.88 Å². The maximum absolute atomic E-state index is 12.6. The lowest BCUT2D eigenvalue weighted by atomic mass is 10.2. The number of ether oxygens (including phenoxy) is 1. The Kier molecular flexibility index (Phi) is 3.53. The van der Waals surface area contributed by atoms with Crippen molar-refractivity contribution in [3.05, 3.63) is 47.0 Å². The molecular weight excluding hydrogens is 281 g/mol. The van der Waals surface area contributed by atoms with Crippen molar-refractivity contribution in [1.82, 2.24) is 4.98 Å². The molecule has 0 amide bonds. The molecule has 1 aromatic carbocycles. The van der Waals surface area contributed by atoms with Crippen LogP contribution in [0, 0.1) is 0 Å². The number of nitrogens with zero attached hydrogens (tertiary/aromatic N) is 1. The van der Waals surface area contributed by atoms with Crippen molar-refractivity contribution in [3.63, 3.8) is 0 Å². The fraction of sp³-hybridized carbons (Fsp3) is 0.0833. The third-order valence-electron chi connectivity index (χ3n) is 2.20. The number of nitrogen functional groups attached to an aromatic ring is 1. The van der Waals surface area contributed by atoms with E-state index in [0.717, 1.165) is 12.1 Å². The zero-order valence-electron chi connectivity index (χ0n) is 9.41. The molecule has 0 atom stereocenters. The quantitative estimate of drug-likeness (QED) is 0.904. The number of anilines is 1. The Morgan fingerprint density at radius 1 is 1.16 bits per heavy atom. The molecule has 0 aliphatic carbocycles. The van der Waals surface area contributed by atoms with Crippen LogP contribution in [0.4, 0.5) is 19.0 Å². The Bertz CT molecular complexity index is 602. The number of alkyl halides is 3. The highest BCUT2D eigenvalue weighted by Gasteiger charge is 2.31. The maximum Gasteiger partial charge on any atom is 0.416 e. The molecule has 3 nitrogen and oxygen atoms in total. The molecule has 2 rings (SSSR count). The summed E-state index contributed by atoms with van der Waals surface area (Å²) in [5.41, 5.74) is 4.40. The molecule has 7 heteroatoms. The van der Waals surface area contributed by atoms with Gasteiger partial charge in [0.25, 0.3) is 0 Å². The first-order valence-corrected chi connectivity index (χ1v) is 5.51. The van der Waals surface area contributed by atoms with E-state index in [1.54, 1.807) is 18.2 Å². The van der Waals surface area contributed by atoms with E-state index in [0.29, 0.717) is 0 Å². The molecule has 100 valence electrons. The zero-order chi connectivity index (χ0) is 14.0. The predicted molar refractivity (Wildman–Crippen MR) is 65.2 cm³/mol. The normalized spacial score (nSPS) is 11.4. The summed E-state index contributed by atoms with van der Waals surface area (Å²) in [4.78, 5) is 3.68. The van der Waals surface area contributed by atoms with Gasteiger partial charge in [0.1, 0.15) is 11.6 Å². The minimum absolute atomic E-state index is 0.204. The maximum atomic E-state index is 12.6. The molecule has 0 fully saturated rings. The van der Waals surface area contributed by atoms with E-state index in [1.165, 1.54) is 6.07 Å². The highest BCUT2D eigenvalue weighted by Crippen LogP contribution is 2.34. The molecule has 0 saturated carbocycles. The number of aromatic nitrogens is 1. The Labute approximate surface area is 111 Å². The number of nitrogens with two attached hydrogens (primary N) is 1. The fourth-order valence-electron chi connectivity index (χ4n) is 1.38. The summed E-state index contributed by atoms with van der Waals surface area (Å²) < 4.78 is 43.0. The van der Waals surface area contributed by atoms with Crippen LogP contribution in [0.3, 0.4) is 0 Å². The minimum atomic E-state index is -4.52. The van der Waals surface area contributed by atoms with E-state index in [1.807, 2.05) is 0 Å². The molecule has 2 aromatic rings. The average Bonchev–Trinajstić information content (AvgIpc) is 2.30. The second-order valence-corrected chi connectivity index (χ2v) is 4.06. The molecule has 0 aliphatic rings. The predicted octanol–water partition coefficient (Wildman–Crippen LogP) is 4.13. The highest BCUT2D eigenvalue weighted by molar-refractivity contribution is 6.32. The summed E-state index contributed by atoms with van der Waals surface area (Å²) in [7, 11) is 0. The molecule has 0 aliphatic heterocycles. The van der Waals surface area contributed by atoms with Crippen LogP contribution in [-0.2, 0) is 6.18 Å². The molecule has 1 heterocycles. The van der Waals surface area contributed by atoms with Gasteiger partial charge in [-0.1, -0.05) is 23.7 Å². The van der Waals surface area contributed by atoms with E-state index in [2.05, 4.69) is 4.98 Å². The second-order valence-electron chi connectivity index (χ2n) is 3.65. The number of para-hydroxylation sites is 1. The van der Waals surface area contributed by atoms with Crippen molar-refractivity contribution in [1.29, 1.82) is 0 Å². The first-order chi connectivity index (χ1) is 8.86. The number of hydrogen-bond donors (Lipinski definition) is 1. The number of benzene rings is 1. The lowest BCUT2D eigenvalue weighted by Crippen LogP contribution is -2.07. The minimum Gasteiger partial charge on any atom is -0.437 e. The van der Waals surface area contributed by atoms with Gasteiger partial charge in [0.15, 0.2) is 0 Å². The van der Waals surface area contributed by atoms with Crippen molar-refractivity contribution in [2.24, 2.45) is 0 Å². The Balaban J connectivity index is 2.36. The monoisotopic (exact) mass is 288 g/mol. The number of rotatable bonds is 2. The van der Waals surface area contributed by atoms with Gasteiger partial charge in [0.05, 0.1) is 10.6 Å². The van der Waals surface area contributed by atoms with Gasteiger partial charge in [0, 0.05) is 6.07 Å². The van der Waals surface area contributed by atoms with Crippen molar-refractivity contribution < 1.29 is 17.9 Å². The van der Waals surface area contributed by atoms with E-state index < -0.39 is 11.7 Å². The zero-order valence-corrected chi connectivity index (χ0v) is 10.2. The SMILES string of the molecule is Nc1cc(C(F)(F)F)cc(Oc2ccccc2Cl)n1. The van der Waals surface area contributed by atoms with E-state index in [9.17, 15) is 13.2 Å². The summed E-state index contributed by atoms with van der Waals surface area (Å²) in [6.07, 6.45) is -4.52. The molecule has 0 spiro atoms. The number of pyridine rings is 1. The van der Waals surface area contributed by atoms with E-state index >= 15 is 0 Å². The summed E-state index contributed by atoms with van der Waals surface area (Å²) in [6, 6.07) is 7.87. The van der Waals surface area contributed by atoms with Crippen LogP contribution >= 0.6 is 11.6 Å². The number of halogens is 4. The lowest BCUT2D eigenvalue weighted by molar-refractivity contribution is -0.137. The van der Waals surface area contributed by atoms with Gasteiger partial charge in [-0.25, -0.2) is 0 Å². The number of hydrogen-bond acceptors (Lipinski definition) is 3. The molecule has 0 saturated heterocycles. The molecule has 0 bridgehead atoms. The molecule has 0 radical (unpaired) electrons. The third-order valence-corrected chi connectivity index (χ3v) is 2.51. The van der Waals surface area contributed by atoms with Gasteiger partial charge in [-0.05, 0) is 18.2 Å².